The molecule has 0 aliphatic rings. The molecule has 0 spiro atoms. The molecule has 90 valence electrons. The van der Waals surface area contributed by atoms with Crippen LogP contribution in [0.1, 0.15) is 30.8 Å². The first-order valence-electron chi connectivity index (χ1n) is 6.03. The van der Waals surface area contributed by atoms with E-state index >= 15 is 0 Å². The highest BCUT2D eigenvalue weighted by Crippen LogP contribution is 2.20. The molecule has 3 nitrogen and oxygen atoms in total. The molecule has 0 amide bonds. The van der Waals surface area contributed by atoms with Crippen molar-refractivity contribution in [2.45, 2.75) is 26.8 Å². The van der Waals surface area contributed by atoms with Gasteiger partial charge in [0.15, 0.2) is 0 Å². The van der Waals surface area contributed by atoms with Crippen LogP contribution in [0.2, 0.25) is 0 Å². The zero-order chi connectivity index (χ0) is 12.3. The number of esters is 1. The molecule has 2 rings (SSSR count). The first-order chi connectivity index (χ1) is 8.27. The van der Waals surface area contributed by atoms with E-state index in [9.17, 15) is 4.79 Å². The largest absolute Gasteiger partial charge is 0.461 e. The maximum absolute atomic E-state index is 11.9. The van der Waals surface area contributed by atoms with E-state index in [1.165, 1.54) is 0 Å². The van der Waals surface area contributed by atoms with E-state index in [0.29, 0.717) is 12.3 Å². The summed E-state index contributed by atoms with van der Waals surface area (Å²) in [6.07, 6.45) is 0.991. The van der Waals surface area contributed by atoms with Crippen molar-refractivity contribution in [3.05, 3.63) is 36.0 Å². The number of hydrogen-bond donors (Lipinski definition) is 0. The Morgan fingerprint density at radius 1 is 1.29 bits per heavy atom. The van der Waals surface area contributed by atoms with Gasteiger partial charge in [0.25, 0.3) is 0 Å². The van der Waals surface area contributed by atoms with Crippen molar-refractivity contribution in [3.8, 4) is 0 Å². The second kappa shape index (κ2) is 5.04. The summed E-state index contributed by atoms with van der Waals surface area (Å²) in [4.78, 5) is 11.9. The van der Waals surface area contributed by atoms with E-state index in [-0.39, 0.29) is 5.97 Å². The Hall–Kier alpha value is -1.77. The standard InChI is InChI=1S/C14H17NO2/c1-3-9-15-12-8-6-5-7-11(12)10-13(15)14(16)17-4-2/h5-8,10H,3-4,9H2,1-2H3. The molecule has 1 aromatic carbocycles. The second-order valence-corrected chi connectivity index (χ2v) is 3.96. The monoisotopic (exact) mass is 231 g/mol. The quantitative estimate of drug-likeness (QED) is 0.756. The van der Waals surface area contributed by atoms with Crippen molar-refractivity contribution in [2.24, 2.45) is 0 Å². The predicted octanol–water partition coefficient (Wildman–Crippen LogP) is 3.23. The lowest BCUT2D eigenvalue weighted by Gasteiger charge is -2.08. The smallest absolute Gasteiger partial charge is 0.354 e. The molecule has 1 heterocycles. The Morgan fingerprint density at radius 3 is 2.76 bits per heavy atom. The third-order valence-electron chi connectivity index (χ3n) is 2.74. The summed E-state index contributed by atoms with van der Waals surface area (Å²) in [5, 5.41) is 1.09. The maximum atomic E-state index is 11.9. The number of carbonyl (C=O) groups is 1. The fourth-order valence-electron chi connectivity index (χ4n) is 2.05. The van der Waals surface area contributed by atoms with Gasteiger partial charge in [0.05, 0.1) is 6.61 Å². The number of carbonyl (C=O) groups excluding carboxylic acids is 1. The summed E-state index contributed by atoms with van der Waals surface area (Å²) in [5.41, 5.74) is 1.74. The van der Waals surface area contributed by atoms with Crippen LogP contribution in [0.5, 0.6) is 0 Å². The highest BCUT2D eigenvalue weighted by molar-refractivity contribution is 5.95. The number of fused-ring (bicyclic) bond motifs is 1. The Morgan fingerprint density at radius 2 is 2.06 bits per heavy atom. The van der Waals surface area contributed by atoms with Gasteiger partial charge >= 0.3 is 5.97 Å². The van der Waals surface area contributed by atoms with E-state index in [1.807, 2.05) is 41.8 Å². The van der Waals surface area contributed by atoms with Crippen LogP contribution in [0.4, 0.5) is 0 Å². The van der Waals surface area contributed by atoms with E-state index in [0.717, 1.165) is 23.9 Å². The predicted molar refractivity (Wildman–Crippen MR) is 68.2 cm³/mol. The molecule has 0 unspecified atom stereocenters. The van der Waals surface area contributed by atoms with Crippen molar-refractivity contribution in [1.29, 1.82) is 0 Å². The van der Waals surface area contributed by atoms with E-state index in [2.05, 4.69) is 6.92 Å². The third kappa shape index (κ3) is 2.18. The SMILES string of the molecule is CCCn1c(C(=O)OCC)cc2ccccc21. The van der Waals surface area contributed by atoms with Gasteiger partial charge in [0, 0.05) is 17.4 Å². The number of aromatic nitrogens is 1. The van der Waals surface area contributed by atoms with Crippen LogP contribution < -0.4 is 0 Å². The third-order valence-corrected chi connectivity index (χ3v) is 2.74. The summed E-state index contributed by atoms with van der Waals surface area (Å²) in [6.45, 7) is 5.17. The number of hydrogen-bond acceptors (Lipinski definition) is 2. The fraction of sp³-hybridized carbons (Fsp3) is 0.357. The van der Waals surface area contributed by atoms with Gasteiger partial charge in [0.2, 0.25) is 0 Å². The van der Waals surface area contributed by atoms with Crippen LogP contribution in [-0.4, -0.2) is 17.1 Å². The van der Waals surface area contributed by atoms with Gasteiger partial charge in [-0.25, -0.2) is 4.79 Å². The summed E-state index contributed by atoms with van der Waals surface area (Å²) in [7, 11) is 0. The molecule has 17 heavy (non-hydrogen) atoms. The number of aryl methyl sites for hydroxylation is 1. The normalized spacial score (nSPS) is 10.7. The number of ether oxygens (including phenoxy) is 1. The van der Waals surface area contributed by atoms with Gasteiger partial charge in [-0.15, -0.1) is 0 Å². The highest BCUT2D eigenvalue weighted by Gasteiger charge is 2.15. The van der Waals surface area contributed by atoms with Crippen molar-refractivity contribution >= 4 is 16.9 Å². The molecule has 0 aliphatic carbocycles. The van der Waals surface area contributed by atoms with Gasteiger partial charge in [0.1, 0.15) is 5.69 Å². The lowest BCUT2D eigenvalue weighted by molar-refractivity contribution is 0.0514. The molecular formula is C14H17NO2. The molecule has 0 bridgehead atoms. The molecule has 0 radical (unpaired) electrons. The topological polar surface area (TPSA) is 31.2 Å². The van der Waals surface area contributed by atoms with E-state index in [1.54, 1.807) is 0 Å². The Bertz CT molecular complexity index is 528. The highest BCUT2D eigenvalue weighted by atomic mass is 16.5. The number of para-hydroxylation sites is 1. The average Bonchev–Trinajstić information content (AvgIpc) is 2.70. The Labute approximate surface area is 101 Å². The van der Waals surface area contributed by atoms with Crippen molar-refractivity contribution < 1.29 is 9.53 Å². The molecule has 0 saturated heterocycles. The number of rotatable bonds is 4. The molecule has 0 N–H and O–H groups in total. The zero-order valence-electron chi connectivity index (χ0n) is 10.3. The molecule has 1 aromatic heterocycles. The minimum absolute atomic E-state index is 0.239. The van der Waals surface area contributed by atoms with Gasteiger partial charge in [-0.3, -0.25) is 0 Å². The molecule has 0 aliphatic heterocycles. The zero-order valence-corrected chi connectivity index (χ0v) is 10.3. The van der Waals surface area contributed by atoms with Crippen LogP contribution in [0.3, 0.4) is 0 Å². The number of nitrogens with zero attached hydrogens (tertiary/aromatic N) is 1. The minimum Gasteiger partial charge on any atom is -0.461 e. The van der Waals surface area contributed by atoms with Crippen LogP contribution >= 0.6 is 0 Å². The molecule has 0 saturated carbocycles. The van der Waals surface area contributed by atoms with Gasteiger partial charge in [-0.1, -0.05) is 25.1 Å². The molecule has 0 atom stereocenters. The molecule has 0 fully saturated rings. The van der Waals surface area contributed by atoms with Crippen LogP contribution in [-0.2, 0) is 11.3 Å². The first kappa shape index (κ1) is 11.7. The minimum atomic E-state index is -0.239. The van der Waals surface area contributed by atoms with Gasteiger partial charge in [-0.05, 0) is 25.5 Å². The summed E-state index contributed by atoms with van der Waals surface area (Å²) < 4.78 is 7.12. The summed E-state index contributed by atoms with van der Waals surface area (Å²) >= 11 is 0. The Kier molecular flexibility index (Phi) is 3.47. The van der Waals surface area contributed by atoms with Gasteiger partial charge in [-0.2, -0.15) is 0 Å². The maximum Gasteiger partial charge on any atom is 0.354 e. The second-order valence-electron chi connectivity index (χ2n) is 3.96. The lowest BCUT2D eigenvalue weighted by Crippen LogP contribution is -2.11. The van der Waals surface area contributed by atoms with Crippen molar-refractivity contribution in [1.82, 2.24) is 4.57 Å². The van der Waals surface area contributed by atoms with Crippen LogP contribution in [0.15, 0.2) is 30.3 Å². The summed E-state index contributed by atoms with van der Waals surface area (Å²) in [5.74, 6) is -0.239. The van der Waals surface area contributed by atoms with E-state index in [4.69, 9.17) is 4.74 Å². The lowest BCUT2D eigenvalue weighted by atomic mass is 10.2. The van der Waals surface area contributed by atoms with Crippen molar-refractivity contribution in [3.63, 3.8) is 0 Å². The Balaban J connectivity index is 2.53. The molecule has 2 aromatic rings. The van der Waals surface area contributed by atoms with Crippen LogP contribution in [0.25, 0.3) is 10.9 Å². The summed E-state index contributed by atoms with van der Waals surface area (Å²) in [6, 6.07) is 9.93. The fourth-order valence-corrected chi connectivity index (χ4v) is 2.05. The average molecular weight is 231 g/mol. The molecule has 3 heteroatoms. The first-order valence-corrected chi connectivity index (χ1v) is 6.03. The van der Waals surface area contributed by atoms with Crippen molar-refractivity contribution in [2.75, 3.05) is 6.61 Å². The van der Waals surface area contributed by atoms with Gasteiger partial charge < -0.3 is 9.30 Å². The van der Waals surface area contributed by atoms with E-state index < -0.39 is 0 Å². The molecular weight excluding hydrogens is 214 g/mol. The van der Waals surface area contributed by atoms with Crippen LogP contribution in [0, 0.1) is 0 Å². The number of benzene rings is 1.